The molecule has 9 heteroatoms. The Morgan fingerprint density at radius 2 is 1.90 bits per heavy atom. The van der Waals surface area contributed by atoms with Crippen LogP contribution in [0.2, 0.25) is 0 Å². The molecule has 112 valence electrons. The molecule has 1 aromatic carbocycles. The minimum absolute atomic E-state index is 0. The lowest BCUT2D eigenvalue weighted by atomic mass is 10.2. The number of hydrogen-bond acceptors (Lipinski definition) is 4. The highest BCUT2D eigenvalue weighted by molar-refractivity contribution is 5.94. The smallest absolute Gasteiger partial charge is 0.389 e. The van der Waals surface area contributed by atoms with Crippen molar-refractivity contribution in [3.05, 3.63) is 12.1 Å². The van der Waals surface area contributed by atoms with Crippen molar-refractivity contribution in [3.63, 3.8) is 0 Å². The first-order valence-electron chi connectivity index (χ1n) is 5.41. The van der Waals surface area contributed by atoms with Gasteiger partial charge in [-0.2, -0.15) is 13.2 Å². The molecule has 1 aliphatic heterocycles. The van der Waals surface area contributed by atoms with Gasteiger partial charge in [-0.3, -0.25) is 4.79 Å². The van der Waals surface area contributed by atoms with Crippen LogP contribution in [0, 0.1) is 0 Å². The Bertz CT molecular complexity index is 508. The number of ether oxygens (including phenoxy) is 2. The predicted octanol–water partition coefficient (Wildman–Crippen LogP) is 2.70. The van der Waals surface area contributed by atoms with E-state index in [1.165, 1.54) is 12.1 Å². The molecular formula is C11H12ClF3N2O3. The first-order valence-corrected chi connectivity index (χ1v) is 5.41. The molecule has 0 bridgehead atoms. The average molecular weight is 313 g/mol. The summed E-state index contributed by atoms with van der Waals surface area (Å²) in [5, 5.41) is 2.31. The second kappa shape index (κ2) is 6.08. The Morgan fingerprint density at radius 1 is 1.30 bits per heavy atom. The molecule has 0 unspecified atom stereocenters. The summed E-state index contributed by atoms with van der Waals surface area (Å²) in [6.45, 7) is 0.0419. The molecule has 0 saturated carbocycles. The molecule has 0 radical (unpaired) electrons. The van der Waals surface area contributed by atoms with Crippen LogP contribution < -0.4 is 20.5 Å². The van der Waals surface area contributed by atoms with Gasteiger partial charge in [0.1, 0.15) is 0 Å². The molecule has 0 aromatic heterocycles. The third kappa shape index (κ3) is 4.09. The lowest BCUT2D eigenvalue weighted by Gasteiger charge is -2.10. The van der Waals surface area contributed by atoms with E-state index in [9.17, 15) is 18.0 Å². The monoisotopic (exact) mass is 312 g/mol. The fourth-order valence-corrected chi connectivity index (χ4v) is 1.53. The Balaban J connectivity index is 0.00000200. The predicted molar refractivity (Wildman–Crippen MR) is 68.1 cm³/mol. The molecule has 2 rings (SSSR count). The van der Waals surface area contributed by atoms with Gasteiger partial charge in [0.25, 0.3) is 0 Å². The van der Waals surface area contributed by atoms with Crippen molar-refractivity contribution < 1.29 is 27.4 Å². The molecule has 5 nitrogen and oxygen atoms in total. The number of fused-ring (bicyclic) bond motifs is 1. The number of carbonyl (C=O) groups excluding carboxylic acids is 1. The Morgan fingerprint density at radius 3 is 2.50 bits per heavy atom. The largest absolute Gasteiger partial charge is 0.454 e. The van der Waals surface area contributed by atoms with Gasteiger partial charge in [0.05, 0.1) is 17.8 Å². The topological polar surface area (TPSA) is 73.6 Å². The SMILES string of the molecule is Cl.Nc1cc2c(cc1NC(=O)CCC(F)(F)F)OCO2. The van der Waals surface area contributed by atoms with Gasteiger partial charge in [-0.1, -0.05) is 0 Å². The zero-order valence-corrected chi connectivity index (χ0v) is 10.9. The van der Waals surface area contributed by atoms with E-state index in [-0.39, 0.29) is 30.6 Å². The standard InChI is InChI=1S/C11H11F3N2O3.ClH/c12-11(13,14)2-1-10(17)16-7-4-9-8(3-6(7)15)18-5-19-9;/h3-4H,1-2,5,15H2,(H,16,17);1H. The third-order valence-electron chi connectivity index (χ3n) is 2.45. The van der Waals surface area contributed by atoms with Gasteiger partial charge in [0.2, 0.25) is 12.7 Å². The van der Waals surface area contributed by atoms with Gasteiger partial charge < -0.3 is 20.5 Å². The van der Waals surface area contributed by atoms with Gasteiger partial charge in [0, 0.05) is 18.6 Å². The molecule has 1 amide bonds. The molecule has 3 N–H and O–H groups in total. The van der Waals surface area contributed by atoms with Crippen LogP contribution in [-0.4, -0.2) is 18.9 Å². The van der Waals surface area contributed by atoms with Gasteiger partial charge in [0.15, 0.2) is 11.5 Å². The zero-order valence-electron chi connectivity index (χ0n) is 10.1. The zero-order chi connectivity index (χ0) is 14.0. The molecule has 0 aliphatic carbocycles. The summed E-state index contributed by atoms with van der Waals surface area (Å²) in [5.41, 5.74) is 6.06. The highest BCUT2D eigenvalue weighted by Gasteiger charge is 2.28. The molecule has 0 saturated heterocycles. The number of alkyl halides is 3. The van der Waals surface area contributed by atoms with Crippen molar-refractivity contribution in [1.82, 2.24) is 0 Å². The number of nitrogens with two attached hydrogens (primary N) is 1. The summed E-state index contributed by atoms with van der Waals surface area (Å²) >= 11 is 0. The highest BCUT2D eigenvalue weighted by atomic mass is 35.5. The van der Waals surface area contributed by atoms with Gasteiger partial charge in [-0.25, -0.2) is 0 Å². The van der Waals surface area contributed by atoms with Crippen molar-refractivity contribution in [2.75, 3.05) is 17.8 Å². The van der Waals surface area contributed by atoms with Crippen LogP contribution in [-0.2, 0) is 4.79 Å². The van der Waals surface area contributed by atoms with Crippen LogP contribution in [0.4, 0.5) is 24.5 Å². The van der Waals surface area contributed by atoms with Crippen molar-refractivity contribution in [2.45, 2.75) is 19.0 Å². The van der Waals surface area contributed by atoms with E-state index < -0.39 is 24.9 Å². The fourth-order valence-electron chi connectivity index (χ4n) is 1.53. The molecule has 1 heterocycles. The first kappa shape index (κ1) is 16.2. The van der Waals surface area contributed by atoms with E-state index in [0.717, 1.165) is 0 Å². The number of nitrogens with one attached hydrogen (secondary N) is 1. The normalized spacial score (nSPS) is 12.8. The Hall–Kier alpha value is -1.83. The number of rotatable bonds is 3. The molecule has 0 spiro atoms. The van der Waals surface area contributed by atoms with Crippen LogP contribution in [0.25, 0.3) is 0 Å². The van der Waals surface area contributed by atoms with Gasteiger partial charge in [-0.15, -0.1) is 12.4 Å². The summed E-state index contributed by atoms with van der Waals surface area (Å²) in [6, 6.07) is 2.87. The van der Waals surface area contributed by atoms with Gasteiger partial charge in [-0.05, 0) is 0 Å². The summed E-state index contributed by atoms with van der Waals surface area (Å²) in [6.07, 6.45) is -6.20. The average Bonchev–Trinajstić information content (AvgIpc) is 2.73. The summed E-state index contributed by atoms with van der Waals surface area (Å²) < 4.78 is 46.1. The molecule has 20 heavy (non-hydrogen) atoms. The number of nitrogen functional groups attached to an aromatic ring is 1. The van der Waals surface area contributed by atoms with Crippen LogP contribution in [0.15, 0.2) is 12.1 Å². The van der Waals surface area contributed by atoms with E-state index in [4.69, 9.17) is 15.2 Å². The summed E-state index contributed by atoms with van der Waals surface area (Å²) in [5.74, 6) is 0.0639. The summed E-state index contributed by atoms with van der Waals surface area (Å²) in [7, 11) is 0. The minimum Gasteiger partial charge on any atom is -0.454 e. The molecule has 1 aliphatic rings. The van der Waals surface area contributed by atoms with Crippen molar-refractivity contribution >= 4 is 29.7 Å². The quantitative estimate of drug-likeness (QED) is 0.842. The Kier molecular flexibility index (Phi) is 4.93. The minimum atomic E-state index is -4.36. The van der Waals surface area contributed by atoms with Crippen LogP contribution in [0.1, 0.15) is 12.8 Å². The second-order valence-corrected chi connectivity index (χ2v) is 3.96. The lowest BCUT2D eigenvalue weighted by Crippen LogP contribution is -2.17. The fraction of sp³-hybridized carbons (Fsp3) is 0.364. The first-order chi connectivity index (χ1) is 8.85. The molecular weight excluding hydrogens is 301 g/mol. The van der Waals surface area contributed by atoms with Crippen molar-refractivity contribution in [1.29, 1.82) is 0 Å². The van der Waals surface area contributed by atoms with Gasteiger partial charge >= 0.3 is 6.18 Å². The van der Waals surface area contributed by atoms with Crippen LogP contribution >= 0.6 is 12.4 Å². The number of benzene rings is 1. The summed E-state index contributed by atoms with van der Waals surface area (Å²) in [4.78, 5) is 11.4. The third-order valence-corrected chi connectivity index (χ3v) is 2.45. The number of hydrogen-bond donors (Lipinski definition) is 2. The molecule has 0 fully saturated rings. The number of carbonyl (C=O) groups is 1. The number of halogens is 4. The van der Waals surface area contributed by atoms with Crippen molar-refractivity contribution in [2.24, 2.45) is 0 Å². The van der Waals surface area contributed by atoms with Crippen LogP contribution in [0.3, 0.4) is 0 Å². The molecule has 1 aromatic rings. The van der Waals surface area contributed by atoms with E-state index in [0.29, 0.717) is 11.5 Å². The maximum absolute atomic E-state index is 12.0. The van der Waals surface area contributed by atoms with Crippen LogP contribution in [0.5, 0.6) is 11.5 Å². The van der Waals surface area contributed by atoms with E-state index in [1.807, 2.05) is 0 Å². The lowest BCUT2D eigenvalue weighted by molar-refractivity contribution is -0.142. The number of amides is 1. The van der Waals surface area contributed by atoms with Crippen molar-refractivity contribution in [3.8, 4) is 11.5 Å². The second-order valence-electron chi connectivity index (χ2n) is 3.96. The van der Waals surface area contributed by atoms with E-state index in [1.54, 1.807) is 0 Å². The number of anilines is 2. The molecule has 0 atom stereocenters. The van der Waals surface area contributed by atoms with E-state index >= 15 is 0 Å². The van der Waals surface area contributed by atoms with E-state index in [2.05, 4.69) is 5.32 Å². The highest BCUT2D eigenvalue weighted by Crippen LogP contribution is 2.38. The maximum atomic E-state index is 12.0. The maximum Gasteiger partial charge on any atom is 0.389 e. The Labute approximate surface area is 118 Å².